The number of amides is 1. The highest BCUT2D eigenvalue weighted by atomic mass is 32.2. The molecule has 1 aliphatic carbocycles. The molecule has 116 valence electrons. The molecule has 6 heteroatoms. The molecule has 1 saturated carbocycles. The van der Waals surface area contributed by atoms with Gasteiger partial charge in [-0.05, 0) is 37.8 Å². The molecular weight excluding hydrogens is 288 g/mol. The van der Waals surface area contributed by atoms with E-state index in [1.165, 1.54) is 0 Å². The lowest BCUT2D eigenvalue weighted by Gasteiger charge is -2.21. The van der Waals surface area contributed by atoms with Crippen LogP contribution in [0.25, 0.3) is 0 Å². The van der Waals surface area contributed by atoms with Gasteiger partial charge in [0.25, 0.3) is 0 Å². The molecule has 1 fully saturated rings. The highest BCUT2D eigenvalue weighted by Crippen LogP contribution is 2.20. The van der Waals surface area contributed by atoms with Crippen LogP contribution in [0, 0.1) is 12.8 Å². The van der Waals surface area contributed by atoms with Crippen molar-refractivity contribution in [3.8, 4) is 0 Å². The number of hydrogen-bond donors (Lipinski definition) is 2. The first-order valence-electron chi connectivity index (χ1n) is 7.19. The summed E-state index contributed by atoms with van der Waals surface area (Å²) >= 11 is 0. The molecule has 0 aromatic heterocycles. The van der Waals surface area contributed by atoms with Crippen molar-refractivity contribution in [3.63, 3.8) is 0 Å². The number of aryl methyl sites for hydroxylation is 1. The topological polar surface area (TPSA) is 75.3 Å². The summed E-state index contributed by atoms with van der Waals surface area (Å²) in [7, 11) is -3.69. The van der Waals surface area contributed by atoms with Crippen molar-refractivity contribution in [2.75, 3.05) is 0 Å². The van der Waals surface area contributed by atoms with Gasteiger partial charge in [-0.15, -0.1) is 0 Å². The predicted octanol–water partition coefficient (Wildman–Crippen LogP) is 1.58. The van der Waals surface area contributed by atoms with E-state index < -0.39 is 16.1 Å². The zero-order valence-corrected chi connectivity index (χ0v) is 13.4. The second-order valence-electron chi connectivity index (χ2n) is 5.94. The van der Waals surface area contributed by atoms with E-state index in [0.717, 1.165) is 18.4 Å². The number of carbonyl (C=O) groups excluding carboxylic acids is 1. The van der Waals surface area contributed by atoms with Crippen LogP contribution in [-0.2, 0) is 14.8 Å². The van der Waals surface area contributed by atoms with Crippen molar-refractivity contribution in [2.24, 2.45) is 5.92 Å². The van der Waals surface area contributed by atoms with Crippen LogP contribution in [0.4, 0.5) is 0 Å². The van der Waals surface area contributed by atoms with Gasteiger partial charge in [0.05, 0.1) is 4.90 Å². The van der Waals surface area contributed by atoms with Gasteiger partial charge in [0.15, 0.2) is 0 Å². The molecule has 1 atom stereocenters. The third-order valence-electron chi connectivity index (χ3n) is 3.49. The second-order valence-corrected chi connectivity index (χ2v) is 7.65. The summed E-state index contributed by atoms with van der Waals surface area (Å²) in [6.45, 7) is 5.55. The third kappa shape index (κ3) is 4.28. The van der Waals surface area contributed by atoms with Gasteiger partial charge in [0, 0.05) is 6.04 Å². The molecule has 0 radical (unpaired) electrons. The minimum atomic E-state index is -3.69. The van der Waals surface area contributed by atoms with Crippen molar-refractivity contribution in [1.29, 1.82) is 0 Å². The van der Waals surface area contributed by atoms with Crippen molar-refractivity contribution in [1.82, 2.24) is 10.0 Å². The van der Waals surface area contributed by atoms with E-state index in [9.17, 15) is 13.2 Å². The van der Waals surface area contributed by atoms with Gasteiger partial charge in [-0.1, -0.05) is 31.5 Å². The second kappa shape index (κ2) is 6.15. The zero-order chi connectivity index (χ0) is 15.6. The minimum absolute atomic E-state index is 0.121. The highest BCUT2D eigenvalue weighted by Gasteiger charge is 2.32. The van der Waals surface area contributed by atoms with E-state index >= 15 is 0 Å². The Morgan fingerprint density at radius 1 is 1.19 bits per heavy atom. The minimum Gasteiger partial charge on any atom is -0.352 e. The maximum atomic E-state index is 12.4. The lowest BCUT2D eigenvalue weighted by Crippen LogP contribution is -2.50. The van der Waals surface area contributed by atoms with Crippen molar-refractivity contribution in [3.05, 3.63) is 29.8 Å². The average molecular weight is 310 g/mol. The molecule has 2 N–H and O–H groups in total. The lowest BCUT2D eigenvalue weighted by molar-refractivity contribution is -0.123. The third-order valence-corrected chi connectivity index (χ3v) is 4.94. The zero-order valence-electron chi connectivity index (χ0n) is 12.6. The molecule has 5 nitrogen and oxygen atoms in total. The van der Waals surface area contributed by atoms with Gasteiger partial charge < -0.3 is 5.32 Å². The van der Waals surface area contributed by atoms with Crippen molar-refractivity contribution >= 4 is 15.9 Å². The van der Waals surface area contributed by atoms with Gasteiger partial charge in [0.2, 0.25) is 15.9 Å². The SMILES string of the molecule is Cc1ccc(S(=O)(=O)NC(C(=O)NC2CC2)C(C)C)cc1. The quantitative estimate of drug-likeness (QED) is 0.837. The molecule has 1 amide bonds. The molecule has 21 heavy (non-hydrogen) atoms. The van der Waals surface area contributed by atoms with Crippen LogP contribution >= 0.6 is 0 Å². The fourth-order valence-corrected chi connectivity index (χ4v) is 3.31. The predicted molar refractivity (Wildman–Crippen MR) is 81.3 cm³/mol. The van der Waals surface area contributed by atoms with Crippen LogP contribution in [-0.4, -0.2) is 26.4 Å². The molecule has 1 aromatic carbocycles. The van der Waals surface area contributed by atoms with Crippen LogP contribution in [0.1, 0.15) is 32.3 Å². The summed E-state index contributed by atoms with van der Waals surface area (Å²) < 4.78 is 27.3. The maximum Gasteiger partial charge on any atom is 0.241 e. The number of nitrogens with one attached hydrogen (secondary N) is 2. The van der Waals surface area contributed by atoms with Gasteiger partial charge in [-0.25, -0.2) is 8.42 Å². The summed E-state index contributed by atoms with van der Waals surface area (Å²) in [5.41, 5.74) is 0.987. The van der Waals surface area contributed by atoms with Crippen LogP contribution in [0.2, 0.25) is 0 Å². The van der Waals surface area contributed by atoms with Gasteiger partial charge >= 0.3 is 0 Å². The van der Waals surface area contributed by atoms with Crippen LogP contribution in [0.3, 0.4) is 0 Å². The standard InChI is InChI=1S/C15H22N2O3S/c1-10(2)14(15(18)16-12-6-7-12)17-21(19,20)13-8-4-11(3)5-9-13/h4-5,8-10,12,14,17H,6-7H2,1-3H3,(H,16,18). The van der Waals surface area contributed by atoms with Crippen LogP contribution in [0.15, 0.2) is 29.2 Å². The first-order chi connectivity index (χ1) is 9.79. The number of sulfonamides is 1. The average Bonchev–Trinajstić information content (AvgIpc) is 3.20. The molecule has 0 aliphatic heterocycles. The van der Waals surface area contributed by atoms with Crippen molar-refractivity contribution < 1.29 is 13.2 Å². The number of carbonyl (C=O) groups is 1. The highest BCUT2D eigenvalue weighted by molar-refractivity contribution is 7.89. The first-order valence-corrected chi connectivity index (χ1v) is 8.67. The van der Waals surface area contributed by atoms with E-state index in [0.29, 0.717) is 0 Å². The summed E-state index contributed by atoms with van der Waals surface area (Å²) in [6.07, 6.45) is 1.95. The molecule has 0 saturated heterocycles. The number of benzene rings is 1. The van der Waals surface area contributed by atoms with Crippen LogP contribution in [0.5, 0.6) is 0 Å². The summed E-state index contributed by atoms with van der Waals surface area (Å²) in [6, 6.07) is 6.04. The maximum absolute atomic E-state index is 12.4. The fourth-order valence-electron chi connectivity index (χ4n) is 1.96. The first kappa shape index (κ1) is 16.0. The Kier molecular flexibility index (Phi) is 4.68. The molecule has 1 aromatic rings. The van der Waals surface area contributed by atoms with E-state index in [-0.39, 0.29) is 22.8 Å². The van der Waals surface area contributed by atoms with Gasteiger partial charge in [-0.3, -0.25) is 4.79 Å². The molecule has 0 bridgehead atoms. The van der Waals surface area contributed by atoms with E-state index in [1.54, 1.807) is 24.3 Å². The molecule has 1 unspecified atom stereocenters. The molecule has 0 spiro atoms. The lowest BCUT2D eigenvalue weighted by atomic mass is 10.1. The van der Waals surface area contributed by atoms with Crippen LogP contribution < -0.4 is 10.0 Å². The Labute approximate surface area is 126 Å². The molecule has 0 heterocycles. The smallest absolute Gasteiger partial charge is 0.241 e. The summed E-state index contributed by atoms with van der Waals surface area (Å²) in [4.78, 5) is 12.3. The Hall–Kier alpha value is -1.40. The van der Waals surface area contributed by atoms with E-state index in [4.69, 9.17) is 0 Å². The van der Waals surface area contributed by atoms with E-state index in [1.807, 2.05) is 20.8 Å². The summed E-state index contributed by atoms with van der Waals surface area (Å²) in [5, 5.41) is 2.85. The Balaban J connectivity index is 2.14. The van der Waals surface area contributed by atoms with E-state index in [2.05, 4.69) is 10.0 Å². The number of rotatable bonds is 6. The monoisotopic (exact) mass is 310 g/mol. The van der Waals surface area contributed by atoms with Gasteiger partial charge in [-0.2, -0.15) is 4.72 Å². The van der Waals surface area contributed by atoms with Crippen molar-refractivity contribution in [2.45, 2.75) is 50.6 Å². The Bertz CT molecular complexity index is 604. The number of hydrogen-bond acceptors (Lipinski definition) is 3. The molecular formula is C15H22N2O3S. The fraction of sp³-hybridized carbons (Fsp3) is 0.533. The molecule has 2 rings (SSSR count). The van der Waals surface area contributed by atoms with Gasteiger partial charge in [0.1, 0.15) is 6.04 Å². The normalized spacial score (nSPS) is 16.8. The molecule has 1 aliphatic rings. The Morgan fingerprint density at radius 2 is 1.76 bits per heavy atom. The Morgan fingerprint density at radius 3 is 2.24 bits per heavy atom. The largest absolute Gasteiger partial charge is 0.352 e. The summed E-state index contributed by atoms with van der Waals surface area (Å²) in [5.74, 6) is -0.368.